The molecule has 0 atom stereocenters. The molecule has 3 nitrogen and oxygen atoms in total. The first-order valence-electron chi connectivity index (χ1n) is 5.41. The van der Waals surface area contributed by atoms with Crippen LogP contribution in [0.15, 0.2) is 18.2 Å². The number of hydrogen-bond acceptors (Lipinski definition) is 3. The molecule has 0 fully saturated rings. The van der Waals surface area contributed by atoms with Crippen molar-refractivity contribution in [2.45, 2.75) is 13.8 Å². The van der Waals surface area contributed by atoms with Crippen molar-refractivity contribution in [3.05, 3.63) is 23.8 Å². The molecule has 3 heteroatoms. The van der Waals surface area contributed by atoms with Gasteiger partial charge in [-0.1, -0.05) is 6.92 Å². The maximum Gasteiger partial charge on any atom is 0.0363 e. The summed E-state index contributed by atoms with van der Waals surface area (Å²) in [4.78, 5) is 2.27. The average molecular weight is 207 g/mol. The largest absolute Gasteiger partial charge is 0.399 e. The van der Waals surface area contributed by atoms with Gasteiger partial charge in [0.1, 0.15) is 0 Å². The van der Waals surface area contributed by atoms with E-state index in [1.807, 2.05) is 12.1 Å². The lowest BCUT2D eigenvalue weighted by Crippen LogP contribution is -2.24. The number of benzene rings is 1. The van der Waals surface area contributed by atoms with E-state index in [1.54, 1.807) is 0 Å². The SMILES string of the molecule is CCN(C)CCNc1cc(C)cc(N)c1. The van der Waals surface area contributed by atoms with Crippen molar-refractivity contribution >= 4 is 11.4 Å². The van der Waals surface area contributed by atoms with Crippen LogP contribution in [-0.2, 0) is 0 Å². The molecule has 0 aliphatic rings. The van der Waals surface area contributed by atoms with Gasteiger partial charge in [-0.3, -0.25) is 0 Å². The summed E-state index contributed by atoms with van der Waals surface area (Å²) in [6.07, 6.45) is 0. The molecule has 15 heavy (non-hydrogen) atoms. The van der Waals surface area contributed by atoms with Gasteiger partial charge in [-0.05, 0) is 44.3 Å². The molecule has 0 radical (unpaired) electrons. The summed E-state index contributed by atoms with van der Waals surface area (Å²) in [5, 5.41) is 3.37. The predicted octanol–water partition coefficient (Wildman–Crippen LogP) is 1.94. The molecule has 0 spiro atoms. The summed E-state index contributed by atoms with van der Waals surface area (Å²) in [6.45, 7) is 7.29. The predicted molar refractivity (Wildman–Crippen MR) is 67.3 cm³/mol. The second kappa shape index (κ2) is 5.61. The van der Waals surface area contributed by atoms with Crippen LogP contribution in [0.5, 0.6) is 0 Å². The molecular weight excluding hydrogens is 186 g/mol. The number of nitrogens with one attached hydrogen (secondary N) is 1. The van der Waals surface area contributed by atoms with E-state index in [1.165, 1.54) is 5.56 Å². The van der Waals surface area contributed by atoms with Gasteiger partial charge in [0.2, 0.25) is 0 Å². The van der Waals surface area contributed by atoms with Crippen molar-refractivity contribution in [1.29, 1.82) is 0 Å². The van der Waals surface area contributed by atoms with Gasteiger partial charge in [0.15, 0.2) is 0 Å². The Hall–Kier alpha value is -1.22. The fourth-order valence-electron chi connectivity index (χ4n) is 1.46. The Kier molecular flexibility index (Phi) is 4.43. The molecular formula is C12H21N3. The monoisotopic (exact) mass is 207 g/mol. The van der Waals surface area contributed by atoms with E-state index in [2.05, 4.69) is 37.2 Å². The Bertz CT molecular complexity index is 289. The first kappa shape index (κ1) is 11.9. The van der Waals surface area contributed by atoms with Gasteiger partial charge in [-0.25, -0.2) is 0 Å². The molecule has 84 valence electrons. The molecule has 1 rings (SSSR count). The lowest BCUT2D eigenvalue weighted by molar-refractivity contribution is 0.367. The van der Waals surface area contributed by atoms with E-state index >= 15 is 0 Å². The summed E-state index contributed by atoms with van der Waals surface area (Å²) in [5.41, 5.74) is 8.89. The highest BCUT2D eigenvalue weighted by molar-refractivity contribution is 5.56. The minimum Gasteiger partial charge on any atom is -0.399 e. The van der Waals surface area contributed by atoms with Crippen LogP contribution in [0.25, 0.3) is 0 Å². The number of rotatable bonds is 5. The molecule has 0 aliphatic heterocycles. The number of nitrogens with two attached hydrogens (primary N) is 1. The normalized spacial score (nSPS) is 10.7. The van der Waals surface area contributed by atoms with E-state index in [-0.39, 0.29) is 0 Å². The zero-order valence-corrected chi connectivity index (χ0v) is 9.88. The van der Waals surface area contributed by atoms with Gasteiger partial charge in [0.05, 0.1) is 0 Å². The number of aryl methyl sites for hydroxylation is 1. The standard InChI is InChI=1S/C12H21N3/c1-4-15(3)6-5-14-12-8-10(2)7-11(13)9-12/h7-9,14H,4-6,13H2,1-3H3. The Balaban J connectivity index is 2.43. The topological polar surface area (TPSA) is 41.3 Å². The highest BCUT2D eigenvalue weighted by atomic mass is 15.1. The van der Waals surface area contributed by atoms with Gasteiger partial charge in [-0.2, -0.15) is 0 Å². The summed E-state index contributed by atoms with van der Waals surface area (Å²) >= 11 is 0. The van der Waals surface area contributed by atoms with Crippen LogP contribution in [0.1, 0.15) is 12.5 Å². The number of nitrogens with zero attached hydrogens (tertiary/aromatic N) is 1. The highest BCUT2D eigenvalue weighted by Crippen LogP contribution is 2.15. The minimum absolute atomic E-state index is 0.821. The van der Waals surface area contributed by atoms with Crippen LogP contribution < -0.4 is 11.1 Å². The van der Waals surface area contributed by atoms with Crippen LogP contribution in [0.3, 0.4) is 0 Å². The molecule has 0 bridgehead atoms. The summed E-state index contributed by atoms with van der Waals surface area (Å²) in [5.74, 6) is 0. The van der Waals surface area contributed by atoms with E-state index < -0.39 is 0 Å². The van der Waals surface area contributed by atoms with Crippen LogP contribution in [0, 0.1) is 6.92 Å². The number of likely N-dealkylation sites (N-methyl/N-ethyl adjacent to an activating group) is 1. The molecule has 0 saturated heterocycles. The van der Waals surface area contributed by atoms with Gasteiger partial charge >= 0.3 is 0 Å². The van der Waals surface area contributed by atoms with Crippen molar-refractivity contribution in [1.82, 2.24) is 4.90 Å². The Labute approximate surface area is 92.3 Å². The van der Waals surface area contributed by atoms with Crippen molar-refractivity contribution in [2.75, 3.05) is 37.7 Å². The maximum atomic E-state index is 5.77. The van der Waals surface area contributed by atoms with Gasteiger partial charge < -0.3 is 16.0 Å². The van der Waals surface area contributed by atoms with Gasteiger partial charge in [-0.15, -0.1) is 0 Å². The van der Waals surface area contributed by atoms with Crippen molar-refractivity contribution in [2.24, 2.45) is 0 Å². The quantitative estimate of drug-likeness (QED) is 0.725. The molecule has 0 saturated carbocycles. The summed E-state index contributed by atoms with van der Waals surface area (Å²) in [7, 11) is 2.12. The molecule has 0 aliphatic carbocycles. The summed E-state index contributed by atoms with van der Waals surface area (Å²) in [6, 6.07) is 6.06. The molecule has 3 N–H and O–H groups in total. The average Bonchev–Trinajstić information content (AvgIpc) is 2.16. The maximum absolute atomic E-state index is 5.77. The molecule has 0 unspecified atom stereocenters. The number of nitrogen functional groups attached to an aromatic ring is 1. The zero-order valence-electron chi connectivity index (χ0n) is 9.88. The van der Waals surface area contributed by atoms with E-state index in [9.17, 15) is 0 Å². The smallest absolute Gasteiger partial charge is 0.0363 e. The Morgan fingerprint density at radius 2 is 2.07 bits per heavy atom. The van der Waals surface area contributed by atoms with Crippen molar-refractivity contribution < 1.29 is 0 Å². The third kappa shape index (κ3) is 4.21. The number of anilines is 2. The van der Waals surface area contributed by atoms with Crippen LogP contribution in [-0.4, -0.2) is 31.6 Å². The molecule has 0 heterocycles. The highest BCUT2D eigenvalue weighted by Gasteiger charge is 1.97. The van der Waals surface area contributed by atoms with Crippen LogP contribution in [0.2, 0.25) is 0 Å². The fourth-order valence-corrected chi connectivity index (χ4v) is 1.46. The van der Waals surface area contributed by atoms with Crippen LogP contribution >= 0.6 is 0 Å². The third-order valence-corrected chi connectivity index (χ3v) is 2.46. The first-order valence-corrected chi connectivity index (χ1v) is 5.41. The Morgan fingerprint density at radius 3 is 2.67 bits per heavy atom. The van der Waals surface area contributed by atoms with E-state index in [0.717, 1.165) is 31.0 Å². The lowest BCUT2D eigenvalue weighted by Gasteiger charge is -2.15. The van der Waals surface area contributed by atoms with E-state index in [4.69, 9.17) is 5.73 Å². The van der Waals surface area contributed by atoms with E-state index in [0.29, 0.717) is 0 Å². The van der Waals surface area contributed by atoms with Crippen LogP contribution in [0.4, 0.5) is 11.4 Å². The third-order valence-electron chi connectivity index (χ3n) is 2.46. The first-order chi connectivity index (χ1) is 7.11. The molecule has 0 aromatic heterocycles. The zero-order chi connectivity index (χ0) is 11.3. The lowest BCUT2D eigenvalue weighted by atomic mass is 10.2. The minimum atomic E-state index is 0.821. The fraction of sp³-hybridized carbons (Fsp3) is 0.500. The number of hydrogen-bond donors (Lipinski definition) is 2. The van der Waals surface area contributed by atoms with Crippen molar-refractivity contribution in [3.8, 4) is 0 Å². The molecule has 0 amide bonds. The van der Waals surface area contributed by atoms with Gasteiger partial charge in [0, 0.05) is 24.5 Å². The van der Waals surface area contributed by atoms with Crippen molar-refractivity contribution in [3.63, 3.8) is 0 Å². The summed E-state index contributed by atoms with van der Waals surface area (Å²) < 4.78 is 0. The van der Waals surface area contributed by atoms with Gasteiger partial charge in [0.25, 0.3) is 0 Å². The second-order valence-corrected chi connectivity index (χ2v) is 3.96. The second-order valence-electron chi connectivity index (χ2n) is 3.96. The Morgan fingerprint density at radius 1 is 1.33 bits per heavy atom. The molecule has 1 aromatic rings. The molecule has 1 aromatic carbocycles.